The fourth-order valence-corrected chi connectivity index (χ4v) is 4.51. The van der Waals surface area contributed by atoms with E-state index in [1.165, 1.54) is 36.0 Å². The Morgan fingerprint density at radius 1 is 1.09 bits per heavy atom. The first-order valence-electron chi connectivity index (χ1n) is 9.65. The molecule has 11 heteroatoms. The van der Waals surface area contributed by atoms with Crippen molar-refractivity contribution in [2.24, 2.45) is 0 Å². The van der Waals surface area contributed by atoms with Gasteiger partial charge in [-0.15, -0.1) is 13.2 Å². The highest BCUT2D eigenvalue weighted by Crippen LogP contribution is 2.24. The summed E-state index contributed by atoms with van der Waals surface area (Å²) in [5.74, 6) is -0.354. The second-order valence-corrected chi connectivity index (χ2v) is 9.82. The SMILES string of the molecule is CSCCC(NS(=O)(=O)c1ccc(C)cc1)C(=O)NC(C)c1ccc(OC(F)(F)F)cc1. The molecule has 0 spiro atoms. The fraction of sp³-hybridized carbons (Fsp3) is 0.381. The predicted molar refractivity (Wildman–Crippen MR) is 118 cm³/mol. The molecule has 1 amide bonds. The van der Waals surface area contributed by atoms with Crippen molar-refractivity contribution < 1.29 is 31.1 Å². The summed E-state index contributed by atoms with van der Waals surface area (Å²) in [5, 5.41) is 2.72. The van der Waals surface area contributed by atoms with E-state index in [2.05, 4.69) is 14.8 Å². The Bertz CT molecular complexity index is 995. The summed E-state index contributed by atoms with van der Waals surface area (Å²) < 4.78 is 68.7. The van der Waals surface area contributed by atoms with Crippen molar-refractivity contribution in [3.63, 3.8) is 0 Å². The highest BCUT2D eigenvalue weighted by molar-refractivity contribution is 7.98. The second-order valence-electron chi connectivity index (χ2n) is 7.12. The number of ether oxygens (including phenoxy) is 1. The monoisotopic (exact) mass is 490 g/mol. The van der Waals surface area contributed by atoms with Gasteiger partial charge in [-0.2, -0.15) is 16.5 Å². The zero-order chi connectivity index (χ0) is 23.9. The van der Waals surface area contributed by atoms with E-state index in [4.69, 9.17) is 0 Å². The third-order valence-corrected chi connectivity index (χ3v) is 6.66. The van der Waals surface area contributed by atoms with Gasteiger partial charge in [0.25, 0.3) is 0 Å². The number of thioether (sulfide) groups is 1. The molecule has 2 N–H and O–H groups in total. The maximum atomic E-state index is 12.8. The molecule has 6 nitrogen and oxygen atoms in total. The lowest BCUT2D eigenvalue weighted by Crippen LogP contribution is -2.47. The van der Waals surface area contributed by atoms with Gasteiger partial charge in [0, 0.05) is 0 Å². The molecule has 0 bridgehead atoms. The van der Waals surface area contributed by atoms with Crippen molar-refractivity contribution in [1.29, 1.82) is 0 Å². The molecule has 0 saturated heterocycles. The molecule has 2 aromatic carbocycles. The zero-order valence-electron chi connectivity index (χ0n) is 17.8. The van der Waals surface area contributed by atoms with Gasteiger partial charge < -0.3 is 10.1 Å². The van der Waals surface area contributed by atoms with Gasteiger partial charge in [-0.05, 0) is 62.1 Å². The third-order valence-electron chi connectivity index (χ3n) is 4.53. The van der Waals surface area contributed by atoms with Gasteiger partial charge in [0.1, 0.15) is 11.8 Å². The molecule has 0 fully saturated rings. The Balaban J connectivity index is 2.10. The number of hydrogen-bond donors (Lipinski definition) is 2. The molecule has 2 unspecified atom stereocenters. The molecule has 0 aliphatic heterocycles. The number of rotatable bonds is 10. The molecule has 32 heavy (non-hydrogen) atoms. The predicted octanol–water partition coefficient (Wildman–Crippen LogP) is 4.17. The minimum Gasteiger partial charge on any atom is -0.406 e. The number of aryl methyl sites for hydroxylation is 1. The lowest BCUT2D eigenvalue weighted by Gasteiger charge is -2.22. The Morgan fingerprint density at radius 3 is 2.22 bits per heavy atom. The molecule has 176 valence electrons. The molecule has 0 aliphatic rings. The molecule has 0 aromatic heterocycles. The first-order chi connectivity index (χ1) is 14.9. The van der Waals surface area contributed by atoms with Crippen LogP contribution in [0, 0.1) is 6.92 Å². The fourth-order valence-electron chi connectivity index (χ4n) is 2.81. The molecule has 0 aliphatic carbocycles. The first kappa shape index (κ1) is 26.0. The Kier molecular flexibility index (Phi) is 8.99. The van der Waals surface area contributed by atoms with E-state index in [1.54, 1.807) is 19.1 Å². The number of sulfonamides is 1. The van der Waals surface area contributed by atoms with Crippen molar-refractivity contribution in [2.45, 2.75) is 43.6 Å². The largest absolute Gasteiger partial charge is 0.573 e. The van der Waals surface area contributed by atoms with Gasteiger partial charge in [-0.3, -0.25) is 4.79 Å². The van der Waals surface area contributed by atoms with Crippen molar-refractivity contribution >= 4 is 27.7 Å². The van der Waals surface area contributed by atoms with Gasteiger partial charge >= 0.3 is 6.36 Å². The highest BCUT2D eigenvalue weighted by atomic mass is 32.2. The second kappa shape index (κ2) is 11.1. The molecule has 0 saturated carbocycles. The zero-order valence-corrected chi connectivity index (χ0v) is 19.4. The van der Waals surface area contributed by atoms with Crippen LogP contribution in [0.5, 0.6) is 5.75 Å². The quantitative estimate of drug-likeness (QED) is 0.522. The van der Waals surface area contributed by atoms with Crippen LogP contribution in [0.1, 0.15) is 30.5 Å². The summed E-state index contributed by atoms with van der Waals surface area (Å²) in [6.45, 7) is 3.49. The van der Waals surface area contributed by atoms with E-state index in [1.807, 2.05) is 13.2 Å². The summed E-state index contributed by atoms with van der Waals surface area (Å²) in [4.78, 5) is 12.9. The number of amides is 1. The lowest BCUT2D eigenvalue weighted by atomic mass is 10.1. The number of halogens is 3. The maximum Gasteiger partial charge on any atom is 0.573 e. The van der Waals surface area contributed by atoms with E-state index in [9.17, 15) is 26.4 Å². The Hall–Kier alpha value is -2.24. The van der Waals surface area contributed by atoms with Gasteiger partial charge in [0.05, 0.1) is 10.9 Å². The summed E-state index contributed by atoms with van der Waals surface area (Å²) >= 11 is 1.47. The van der Waals surface area contributed by atoms with E-state index < -0.39 is 34.4 Å². The normalized spacial score (nSPS) is 13.9. The smallest absolute Gasteiger partial charge is 0.406 e. The van der Waals surface area contributed by atoms with Crippen molar-refractivity contribution in [3.05, 3.63) is 59.7 Å². The number of hydrogen-bond acceptors (Lipinski definition) is 5. The summed E-state index contributed by atoms with van der Waals surface area (Å²) in [7, 11) is -3.92. The Labute approximate surface area is 190 Å². The van der Waals surface area contributed by atoms with Crippen LogP contribution < -0.4 is 14.8 Å². The average molecular weight is 491 g/mol. The van der Waals surface area contributed by atoms with Crippen molar-refractivity contribution in [3.8, 4) is 5.75 Å². The number of alkyl halides is 3. The Morgan fingerprint density at radius 2 is 1.69 bits per heavy atom. The lowest BCUT2D eigenvalue weighted by molar-refractivity contribution is -0.274. The van der Waals surface area contributed by atoms with Crippen LogP contribution in [0.2, 0.25) is 0 Å². The molecular formula is C21H25F3N2O4S2. The van der Waals surface area contributed by atoms with Crippen LogP contribution in [0.15, 0.2) is 53.4 Å². The topological polar surface area (TPSA) is 84.5 Å². The van der Waals surface area contributed by atoms with E-state index >= 15 is 0 Å². The maximum absolute atomic E-state index is 12.8. The molecular weight excluding hydrogens is 465 g/mol. The summed E-state index contributed by atoms with van der Waals surface area (Å²) in [5.41, 5.74) is 1.44. The summed E-state index contributed by atoms with van der Waals surface area (Å²) in [6, 6.07) is 9.79. The molecule has 2 atom stereocenters. The van der Waals surface area contributed by atoms with Crippen molar-refractivity contribution in [2.75, 3.05) is 12.0 Å². The average Bonchev–Trinajstić information content (AvgIpc) is 2.70. The number of nitrogens with one attached hydrogen (secondary N) is 2. The first-order valence-corrected chi connectivity index (χ1v) is 12.5. The number of carbonyl (C=O) groups excluding carboxylic acids is 1. The van der Waals surface area contributed by atoms with E-state index in [0.29, 0.717) is 11.3 Å². The van der Waals surface area contributed by atoms with Gasteiger partial charge in [0.15, 0.2) is 0 Å². The third kappa shape index (κ3) is 8.03. The van der Waals surface area contributed by atoms with Gasteiger partial charge in [-0.25, -0.2) is 8.42 Å². The molecule has 0 heterocycles. The highest BCUT2D eigenvalue weighted by Gasteiger charge is 2.31. The van der Waals surface area contributed by atoms with Gasteiger partial charge in [-0.1, -0.05) is 29.8 Å². The van der Waals surface area contributed by atoms with Gasteiger partial charge in [0.2, 0.25) is 15.9 Å². The van der Waals surface area contributed by atoms with Crippen LogP contribution in [0.3, 0.4) is 0 Å². The molecule has 2 rings (SSSR count). The van der Waals surface area contributed by atoms with Crippen LogP contribution in [0.4, 0.5) is 13.2 Å². The van der Waals surface area contributed by atoms with Crippen LogP contribution in [-0.4, -0.2) is 38.7 Å². The number of benzene rings is 2. The number of carbonyl (C=O) groups is 1. The molecule has 2 aromatic rings. The minimum atomic E-state index is -4.79. The van der Waals surface area contributed by atoms with Crippen LogP contribution in [0.25, 0.3) is 0 Å². The minimum absolute atomic E-state index is 0.0540. The molecule has 0 radical (unpaired) electrons. The standard InChI is InChI=1S/C21H25F3N2O4S2/c1-14-4-10-18(11-5-14)32(28,29)26-19(12-13-31-3)20(27)25-15(2)16-6-8-17(9-7-16)30-21(22,23)24/h4-11,15,19,26H,12-13H2,1-3H3,(H,25,27). The van der Waals surface area contributed by atoms with Crippen LogP contribution >= 0.6 is 11.8 Å². The van der Waals surface area contributed by atoms with Crippen molar-refractivity contribution in [1.82, 2.24) is 10.0 Å². The van der Waals surface area contributed by atoms with E-state index in [0.717, 1.165) is 17.7 Å². The van der Waals surface area contributed by atoms with Crippen LogP contribution in [-0.2, 0) is 14.8 Å². The summed E-state index contributed by atoms with van der Waals surface area (Å²) in [6.07, 6.45) is -2.68. The van der Waals surface area contributed by atoms with E-state index in [-0.39, 0.29) is 17.1 Å².